The predicted molar refractivity (Wildman–Crippen MR) is 125 cm³/mol. The third kappa shape index (κ3) is 5.73. The first-order valence-corrected chi connectivity index (χ1v) is 13.8. The smallest absolute Gasteiger partial charge is 0.411 e. The highest BCUT2D eigenvalue weighted by molar-refractivity contribution is 6.74. The van der Waals surface area contributed by atoms with Crippen molar-refractivity contribution in [3.05, 3.63) is 65.7 Å². The number of rotatable bonds is 6. The largest absolute Gasteiger partial charge is 0.444 e. The summed E-state index contributed by atoms with van der Waals surface area (Å²) in [4.78, 5) is 12.1. The molecule has 162 valence electrons. The molecule has 2 aromatic carbocycles. The van der Waals surface area contributed by atoms with E-state index in [2.05, 4.69) is 51.3 Å². The third-order valence-electron chi connectivity index (χ3n) is 6.50. The van der Waals surface area contributed by atoms with E-state index in [9.17, 15) is 4.79 Å². The number of hydrogen-bond acceptors (Lipinski definition) is 3. The maximum absolute atomic E-state index is 12.1. The van der Waals surface area contributed by atoms with Gasteiger partial charge in [-0.05, 0) is 54.2 Å². The van der Waals surface area contributed by atoms with Crippen LogP contribution in [0.15, 0.2) is 54.6 Å². The third-order valence-corrected chi connectivity index (χ3v) is 11.0. The van der Waals surface area contributed by atoms with E-state index in [0.717, 1.165) is 24.1 Å². The standard InChI is InChI=1S/C25H35NO3Si/c1-25(2,3)30(4,5)29-23-13-9-12-22(23)20-14-16-21(17-15-20)26-24(27)28-18-19-10-7-6-8-11-19/h6-8,10-11,14-17,22-23H,9,12-13,18H2,1-5H3,(H,26,27)/t22?,23-/m0/s1. The molecule has 4 nitrogen and oxygen atoms in total. The van der Waals surface area contributed by atoms with Gasteiger partial charge in [0, 0.05) is 11.6 Å². The Morgan fingerprint density at radius 3 is 2.33 bits per heavy atom. The highest BCUT2D eigenvalue weighted by atomic mass is 28.4. The van der Waals surface area contributed by atoms with Crippen LogP contribution in [-0.2, 0) is 15.8 Å². The molecule has 1 amide bonds. The molecule has 0 bridgehead atoms. The second-order valence-electron chi connectivity index (χ2n) is 9.76. The molecule has 2 aromatic rings. The Bertz CT molecular complexity index is 828. The van der Waals surface area contributed by atoms with Crippen molar-refractivity contribution in [3.8, 4) is 0 Å². The van der Waals surface area contributed by atoms with Crippen molar-refractivity contribution >= 4 is 20.1 Å². The summed E-state index contributed by atoms with van der Waals surface area (Å²) in [6.45, 7) is 11.8. The van der Waals surface area contributed by atoms with E-state index in [-0.39, 0.29) is 11.6 Å². The normalized spacial score (nSPS) is 19.5. The summed E-state index contributed by atoms with van der Waals surface area (Å²) >= 11 is 0. The lowest BCUT2D eigenvalue weighted by molar-refractivity contribution is 0.155. The molecule has 30 heavy (non-hydrogen) atoms. The van der Waals surface area contributed by atoms with E-state index < -0.39 is 14.4 Å². The van der Waals surface area contributed by atoms with Gasteiger partial charge in [-0.15, -0.1) is 0 Å². The van der Waals surface area contributed by atoms with Crippen molar-refractivity contribution in [1.82, 2.24) is 0 Å². The molecule has 1 unspecified atom stereocenters. The summed E-state index contributed by atoms with van der Waals surface area (Å²) in [5.74, 6) is 0.429. The van der Waals surface area contributed by atoms with E-state index in [0.29, 0.717) is 12.0 Å². The average Bonchev–Trinajstić information content (AvgIpc) is 3.14. The molecule has 0 aliphatic heterocycles. The van der Waals surface area contributed by atoms with Crippen LogP contribution in [-0.4, -0.2) is 20.5 Å². The molecule has 1 fully saturated rings. The van der Waals surface area contributed by atoms with Gasteiger partial charge < -0.3 is 9.16 Å². The highest BCUT2D eigenvalue weighted by Crippen LogP contribution is 2.43. The van der Waals surface area contributed by atoms with Crippen molar-refractivity contribution < 1.29 is 14.0 Å². The molecule has 1 N–H and O–H groups in total. The quantitative estimate of drug-likeness (QED) is 0.502. The molecule has 0 radical (unpaired) electrons. The van der Waals surface area contributed by atoms with Crippen LogP contribution in [0, 0.1) is 0 Å². The van der Waals surface area contributed by atoms with E-state index >= 15 is 0 Å². The van der Waals surface area contributed by atoms with Crippen LogP contribution in [0.1, 0.15) is 57.1 Å². The Hall–Kier alpha value is -2.11. The fraction of sp³-hybridized carbons (Fsp3) is 0.480. The zero-order chi connectivity index (χ0) is 21.8. The lowest BCUT2D eigenvalue weighted by Crippen LogP contribution is -2.44. The lowest BCUT2D eigenvalue weighted by Gasteiger charge is -2.40. The van der Waals surface area contributed by atoms with Gasteiger partial charge in [0.1, 0.15) is 6.61 Å². The van der Waals surface area contributed by atoms with Gasteiger partial charge in [-0.3, -0.25) is 5.32 Å². The second kappa shape index (κ2) is 9.35. The number of hydrogen-bond donors (Lipinski definition) is 1. The Kier molecular flexibility index (Phi) is 7.04. The maximum atomic E-state index is 12.1. The van der Waals surface area contributed by atoms with Crippen LogP contribution >= 0.6 is 0 Å². The minimum Gasteiger partial charge on any atom is -0.444 e. The number of ether oxygens (including phenoxy) is 1. The van der Waals surface area contributed by atoms with Crippen molar-refractivity contribution in [2.75, 3.05) is 5.32 Å². The molecule has 0 heterocycles. The molecule has 1 aliphatic rings. The average molecular weight is 426 g/mol. The molecule has 0 spiro atoms. The number of carbonyl (C=O) groups excluding carboxylic acids is 1. The van der Waals surface area contributed by atoms with Crippen LogP contribution in [0.3, 0.4) is 0 Å². The summed E-state index contributed by atoms with van der Waals surface area (Å²) in [7, 11) is -1.79. The molecular weight excluding hydrogens is 390 g/mol. The summed E-state index contributed by atoms with van der Waals surface area (Å²) in [5, 5.41) is 3.03. The molecular formula is C25H35NO3Si. The number of amides is 1. The Morgan fingerprint density at radius 1 is 1.03 bits per heavy atom. The first-order chi connectivity index (χ1) is 14.2. The minimum atomic E-state index is -1.79. The summed E-state index contributed by atoms with van der Waals surface area (Å²) in [6.07, 6.45) is 3.34. The number of benzene rings is 2. The minimum absolute atomic E-state index is 0.216. The van der Waals surface area contributed by atoms with Crippen molar-refractivity contribution in [2.45, 2.75) is 76.8 Å². The van der Waals surface area contributed by atoms with Crippen molar-refractivity contribution in [2.24, 2.45) is 0 Å². The Balaban J connectivity index is 1.57. The zero-order valence-electron chi connectivity index (χ0n) is 18.9. The van der Waals surface area contributed by atoms with Gasteiger partial charge in [0.25, 0.3) is 0 Å². The molecule has 0 aromatic heterocycles. The zero-order valence-corrected chi connectivity index (χ0v) is 19.9. The number of nitrogens with one attached hydrogen (secondary N) is 1. The van der Waals surface area contributed by atoms with Crippen LogP contribution in [0.25, 0.3) is 0 Å². The van der Waals surface area contributed by atoms with Crippen LogP contribution in [0.4, 0.5) is 10.5 Å². The summed E-state index contributed by atoms with van der Waals surface area (Å²) in [5.41, 5.74) is 3.01. The van der Waals surface area contributed by atoms with Crippen LogP contribution < -0.4 is 5.32 Å². The van der Waals surface area contributed by atoms with Gasteiger partial charge in [-0.1, -0.05) is 69.7 Å². The van der Waals surface area contributed by atoms with Crippen LogP contribution in [0.2, 0.25) is 18.1 Å². The van der Waals surface area contributed by atoms with Gasteiger partial charge >= 0.3 is 6.09 Å². The van der Waals surface area contributed by atoms with Gasteiger partial charge in [-0.2, -0.15) is 0 Å². The second-order valence-corrected chi connectivity index (χ2v) is 14.5. The topological polar surface area (TPSA) is 47.6 Å². The van der Waals surface area contributed by atoms with Gasteiger partial charge in [0.05, 0.1) is 6.10 Å². The lowest BCUT2D eigenvalue weighted by atomic mass is 9.96. The van der Waals surface area contributed by atoms with Gasteiger partial charge in [0.2, 0.25) is 0 Å². The fourth-order valence-corrected chi connectivity index (χ4v) is 5.09. The van der Waals surface area contributed by atoms with E-state index in [1.807, 2.05) is 42.5 Å². The monoisotopic (exact) mass is 425 g/mol. The predicted octanol–water partition coefficient (Wildman–Crippen LogP) is 7.09. The molecule has 3 rings (SSSR count). The Morgan fingerprint density at radius 2 is 1.70 bits per heavy atom. The SMILES string of the molecule is CC(C)(C)[Si](C)(C)O[C@H]1CCCC1c1ccc(NC(=O)OCc2ccccc2)cc1. The summed E-state index contributed by atoms with van der Waals surface area (Å²) in [6, 6.07) is 17.8. The summed E-state index contributed by atoms with van der Waals surface area (Å²) < 4.78 is 12.0. The molecule has 2 atom stereocenters. The van der Waals surface area contributed by atoms with Gasteiger partial charge in [-0.25, -0.2) is 4.79 Å². The molecule has 1 saturated carbocycles. The molecule has 1 aliphatic carbocycles. The van der Waals surface area contributed by atoms with Crippen LogP contribution in [0.5, 0.6) is 0 Å². The Labute approximate surface area is 182 Å². The molecule has 5 heteroatoms. The fourth-order valence-electron chi connectivity index (χ4n) is 3.69. The van der Waals surface area contributed by atoms with Crippen molar-refractivity contribution in [1.29, 1.82) is 0 Å². The molecule has 0 saturated heterocycles. The van der Waals surface area contributed by atoms with Crippen molar-refractivity contribution in [3.63, 3.8) is 0 Å². The van der Waals surface area contributed by atoms with E-state index in [1.165, 1.54) is 12.0 Å². The van der Waals surface area contributed by atoms with E-state index in [4.69, 9.17) is 9.16 Å². The highest BCUT2D eigenvalue weighted by Gasteiger charge is 2.42. The maximum Gasteiger partial charge on any atom is 0.411 e. The number of carbonyl (C=O) groups is 1. The van der Waals surface area contributed by atoms with Gasteiger partial charge in [0.15, 0.2) is 8.32 Å². The number of anilines is 1. The first kappa shape index (κ1) is 22.6. The first-order valence-electron chi connectivity index (χ1n) is 10.9. The van der Waals surface area contributed by atoms with E-state index in [1.54, 1.807) is 0 Å².